The van der Waals surface area contributed by atoms with Crippen molar-refractivity contribution in [2.75, 3.05) is 13.2 Å². The van der Waals surface area contributed by atoms with Crippen molar-refractivity contribution in [2.24, 2.45) is 11.3 Å². The monoisotopic (exact) mass is 396 g/mol. The molecule has 2 atom stereocenters. The van der Waals surface area contributed by atoms with Gasteiger partial charge in [0.25, 0.3) is 0 Å². The van der Waals surface area contributed by atoms with Crippen molar-refractivity contribution in [3.8, 4) is 0 Å². The van der Waals surface area contributed by atoms with E-state index in [-0.39, 0.29) is 5.41 Å². The Bertz CT molecular complexity index is 536. The van der Waals surface area contributed by atoms with Gasteiger partial charge in [-0.05, 0) is 36.3 Å². The number of hydrogen-bond acceptors (Lipinski definition) is 3. The third-order valence-electron chi connectivity index (χ3n) is 4.57. The van der Waals surface area contributed by atoms with E-state index in [1.54, 1.807) is 0 Å². The molecule has 0 radical (unpaired) electrons. The van der Waals surface area contributed by atoms with Crippen LogP contribution in [0.2, 0.25) is 0 Å². The molecule has 156 valence electrons. The van der Waals surface area contributed by atoms with Gasteiger partial charge in [-0.3, -0.25) is 4.57 Å². The van der Waals surface area contributed by atoms with Gasteiger partial charge in [0.05, 0.1) is 18.5 Å². The lowest BCUT2D eigenvalue weighted by molar-refractivity contribution is 0.167. The molecule has 0 aliphatic heterocycles. The fourth-order valence-corrected chi connectivity index (χ4v) is 5.10. The molecule has 0 N–H and O–H groups in total. The molecule has 3 nitrogen and oxygen atoms in total. The molecule has 0 aromatic heterocycles. The molecule has 27 heavy (non-hydrogen) atoms. The zero-order valence-electron chi connectivity index (χ0n) is 18.2. The highest BCUT2D eigenvalue weighted by atomic mass is 31.2. The van der Waals surface area contributed by atoms with Crippen molar-refractivity contribution in [3.63, 3.8) is 0 Å². The third kappa shape index (κ3) is 11.1. The fraction of sp³-hybridized carbons (Fsp3) is 0.739. The Morgan fingerprint density at radius 2 is 1.52 bits per heavy atom. The number of hydrogen-bond donors (Lipinski definition) is 0. The van der Waals surface area contributed by atoms with Crippen LogP contribution in [0.5, 0.6) is 0 Å². The topological polar surface area (TPSA) is 35.5 Å². The van der Waals surface area contributed by atoms with E-state index in [2.05, 4.69) is 34.6 Å². The first-order valence-corrected chi connectivity index (χ1v) is 12.3. The average molecular weight is 397 g/mol. The molecule has 0 saturated heterocycles. The molecule has 0 heterocycles. The Kier molecular flexibility index (Phi) is 11.5. The van der Waals surface area contributed by atoms with Gasteiger partial charge in [0.15, 0.2) is 0 Å². The average Bonchev–Trinajstić information content (AvgIpc) is 2.62. The zero-order chi connectivity index (χ0) is 20.2. The first-order chi connectivity index (χ1) is 12.8. The van der Waals surface area contributed by atoms with E-state index in [4.69, 9.17) is 9.05 Å². The number of rotatable bonds is 14. The minimum atomic E-state index is -3.26. The maximum absolute atomic E-state index is 13.4. The SMILES string of the molecule is CCCCCCCCCOP(=O)(OCC(C)CC(C)(C)C)c1ccccc1. The highest BCUT2D eigenvalue weighted by Crippen LogP contribution is 2.48. The van der Waals surface area contributed by atoms with Gasteiger partial charge in [0.1, 0.15) is 0 Å². The van der Waals surface area contributed by atoms with Crippen molar-refractivity contribution in [3.05, 3.63) is 30.3 Å². The first kappa shape index (κ1) is 24.4. The summed E-state index contributed by atoms with van der Waals surface area (Å²) in [5.41, 5.74) is 0.234. The van der Waals surface area contributed by atoms with Crippen molar-refractivity contribution in [2.45, 2.75) is 86.0 Å². The molecule has 1 aromatic carbocycles. The molecule has 0 saturated carbocycles. The highest BCUT2D eigenvalue weighted by Gasteiger charge is 2.28. The summed E-state index contributed by atoms with van der Waals surface area (Å²) in [6.45, 7) is 12.0. The van der Waals surface area contributed by atoms with E-state index in [1.807, 2.05) is 30.3 Å². The molecular weight excluding hydrogens is 355 g/mol. The molecule has 0 bridgehead atoms. The van der Waals surface area contributed by atoms with Crippen LogP contribution < -0.4 is 5.30 Å². The van der Waals surface area contributed by atoms with E-state index in [1.165, 1.54) is 32.1 Å². The lowest BCUT2D eigenvalue weighted by Gasteiger charge is -2.25. The molecule has 1 aromatic rings. The Hall–Kier alpha value is -0.630. The van der Waals surface area contributed by atoms with Crippen molar-refractivity contribution >= 4 is 12.9 Å². The van der Waals surface area contributed by atoms with Gasteiger partial charge in [-0.2, -0.15) is 0 Å². The summed E-state index contributed by atoms with van der Waals surface area (Å²) in [7, 11) is -3.26. The van der Waals surface area contributed by atoms with E-state index >= 15 is 0 Å². The van der Waals surface area contributed by atoms with Crippen LogP contribution in [0, 0.1) is 11.3 Å². The Morgan fingerprint density at radius 3 is 2.11 bits per heavy atom. The summed E-state index contributed by atoms with van der Waals surface area (Å²) >= 11 is 0. The predicted molar refractivity (Wildman–Crippen MR) is 117 cm³/mol. The molecular formula is C23H41O3P. The second-order valence-electron chi connectivity index (χ2n) is 8.95. The van der Waals surface area contributed by atoms with Gasteiger partial charge in [-0.1, -0.05) is 91.3 Å². The predicted octanol–water partition coefficient (Wildman–Crippen LogP) is 7.36. The summed E-state index contributed by atoms with van der Waals surface area (Å²) in [6.07, 6.45) is 9.50. The highest BCUT2D eigenvalue weighted by molar-refractivity contribution is 7.62. The van der Waals surface area contributed by atoms with Crippen LogP contribution in [0.4, 0.5) is 0 Å². The zero-order valence-corrected chi connectivity index (χ0v) is 19.1. The summed E-state index contributed by atoms with van der Waals surface area (Å²) in [5, 5.41) is 0.663. The maximum Gasteiger partial charge on any atom is 0.361 e. The molecule has 0 aliphatic rings. The largest absolute Gasteiger partial charge is 0.361 e. The normalized spacial score (nSPS) is 15.4. The van der Waals surface area contributed by atoms with Crippen molar-refractivity contribution in [1.82, 2.24) is 0 Å². The lowest BCUT2D eigenvalue weighted by Crippen LogP contribution is -2.18. The van der Waals surface area contributed by atoms with Gasteiger partial charge >= 0.3 is 7.60 Å². The van der Waals surface area contributed by atoms with Gasteiger partial charge in [0, 0.05) is 0 Å². The first-order valence-electron chi connectivity index (χ1n) is 10.7. The smallest absolute Gasteiger partial charge is 0.305 e. The summed E-state index contributed by atoms with van der Waals surface area (Å²) in [6, 6.07) is 9.40. The summed E-state index contributed by atoms with van der Waals surface area (Å²) < 4.78 is 25.2. The van der Waals surface area contributed by atoms with E-state index in [0.29, 0.717) is 24.4 Å². The van der Waals surface area contributed by atoms with Gasteiger partial charge in [-0.25, -0.2) is 0 Å². The van der Waals surface area contributed by atoms with E-state index in [0.717, 1.165) is 19.3 Å². The van der Waals surface area contributed by atoms with Crippen LogP contribution in [-0.4, -0.2) is 13.2 Å². The molecule has 0 amide bonds. The van der Waals surface area contributed by atoms with Gasteiger partial charge in [0.2, 0.25) is 0 Å². The minimum absolute atomic E-state index is 0.234. The molecule has 2 unspecified atom stereocenters. The quantitative estimate of drug-likeness (QED) is 0.243. The van der Waals surface area contributed by atoms with E-state index in [9.17, 15) is 4.57 Å². The standard InChI is InChI=1S/C23H41O3P/c1-6-7-8-9-10-11-15-18-25-27(24,22-16-13-12-14-17-22)26-20-21(2)19-23(3,4)5/h12-14,16-17,21H,6-11,15,18-20H2,1-5H3. The van der Waals surface area contributed by atoms with Gasteiger partial charge in [-0.15, -0.1) is 0 Å². The molecule has 4 heteroatoms. The fourth-order valence-electron chi connectivity index (χ4n) is 3.37. The maximum atomic E-state index is 13.4. The van der Waals surface area contributed by atoms with Crippen LogP contribution in [0.25, 0.3) is 0 Å². The van der Waals surface area contributed by atoms with Gasteiger partial charge < -0.3 is 9.05 Å². The van der Waals surface area contributed by atoms with Crippen molar-refractivity contribution < 1.29 is 13.6 Å². The summed E-state index contributed by atoms with van der Waals surface area (Å²) in [4.78, 5) is 0. The number of unbranched alkanes of at least 4 members (excludes halogenated alkanes) is 6. The second-order valence-corrected chi connectivity index (χ2v) is 11.0. The Morgan fingerprint density at radius 1 is 0.926 bits per heavy atom. The molecule has 1 rings (SSSR count). The number of benzene rings is 1. The Labute approximate surface area is 167 Å². The van der Waals surface area contributed by atoms with Crippen LogP contribution in [-0.2, 0) is 13.6 Å². The molecule has 0 fully saturated rings. The molecule has 0 spiro atoms. The van der Waals surface area contributed by atoms with Crippen LogP contribution >= 0.6 is 7.60 Å². The van der Waals surface area contributed by atoms with Crippen LogP contribution in [0.3, 0.4) is 0 Å². The minimum Gasteiger partial charge on any atom is -0.305 e. The summed E-state index contributed by atoms with van der Waals surface area (Å²) in [5.74, 6) is 0.337. The second kappa shape index (κ2) is 12.8. The van der Waals surface area contributed by atoms with Crippen LogP contribution in [0.1, 0.15) is 86.0 Å². The lowest BCUT2D eigenvalue weighted by atomic mass is 9.86. The Balaban J connectivity index is 2.52. The third-order valence-corrected chi connectivity index (χ3v) is 6.51. The van der Waals surface area contributed by atoms with E-state index < -0.39 is 7.60 Å². The van der Waals surface area contributed by atoms with Crippen molar-refractivity contribution in [1.29, 1.82) is 0 Å². The van der Waals surface area contributed by atoms with Crippen LogP contribution in [0.15, 0.2) is 30.3 Å². The molecule has 0 aliphatic carbocycles.